The molecule has 8 heteroatoms. The first kappa shape index (κ1) is 19.1. The van der Waals surface area contributed by atoms with Crippen molar-refractivity contribution in [3.05, 3.63) is 59.2 Å². The second-order valence-corrected chi connectivity index (χ2v) is 8.37. The van der Waals surface area contributed by atoms with Gasteiger partial charge in [-0.2, -0.15) is 4.31 Å². The monoisotopic (exact) mass is 387 g/mol. The highest BCUT2D eigenvalue weighted by Gasteiger charge is 2.27. The Balaban J connectivity index is 1.87. The molecular weight excluding hydrogens is 366 g/mol. The summed E-state index contributed by atoms with van der Waals surface area (Å²) >= 11 is 0. The van der Waals surface area contributed by atoms with Crippen molar-refractivity contribution in [2.24, 2.45) is 5.73 Å². The van der Waals surface area contributed by atoms with Crippen molar-refractivity contribution in [2.45, 2.75) is 24.7 Å². The van der Waals surface area contributed by atoms with Crippen LogP contribution in [0.1, 0.15) is 39.1 Å². The Morgan fingerprint density at radius 2 is 1.74 bits per heavy atom. The van der Waals surface area contributed by atoms with Crippen molar-refractivity contribution >= 4 is 27.5 Å². The van der Waals surface area contributed by atoms with Crippen LogP contribution in [0, 0.1) is 6.92 Å². The number of nitrogens with one attached hydrogen (secondary N) is 1. The van der Waals surface area contributed by atoms with E-state index in [9.17, 15) is 18.0 Å². The van der Waals surface area contributed by atoms with Crippen LogP contribution in [0.3, 0.4) is 0 Å². The first-order valence-electron chi connectivity index (χ1n) is 8.61. The number of sulfonamides is 1. The van der Waals surface area contributed by atoms with Crippen LogP contribution in [0.5, 0.6) is 0 Å². The van der Waals surface area contributed by atoms with Crippen molar-refractivity contribution in [2.75, 3.05) is 18.4 Å². The number of hydrogen-bond acceptors (Lipinski definition) is 4. The maximum Gasteiger partial charge on any atom is 0.255 e. The summed E-state index contributed by atoms with van der Waals surface area (Å²) < 4.78 is 26.8. The van der Waals surface area contributed by atoms with Gasteiger partial charge in [0.05, 0.1) is 4.90 Å². The number of amides is 2. The van der Waals surface area contributed by atoms with Crippen LogP contribution in [0.15, 0.2) is 47.4 Å². The van der Waals surface area contributed by atoms with Gasteiger partial charge in [0.25, 0.3) is 5.91 Å². The summed E-state index contributed by atoms with van der Waals surface area (Å²) in [6, 6.07) is 10.8. The highest BCUT2D eigenvalue weighted by molar-refractivity contribution is 7.89. The minimum atomic E-state index is -3.60. The predicted octanol–water partition coefficient (Wildman–Crippen LogP) is 2.13. The van der Waals surface area contributed by atoms with Gasteiger partial charge >= 0.3 is 0 Å². The second kappa shape index (κ2) is 7.50. The Morgan fingerprint density at radius 1 is 1.07 bits per heavy atom. The Kier molecular flexibility index (Phi) is 5.29. The molecule has 0 aromatic heterocycles. The van der Waals surface area contributed by atoms with Gasteiger partial charge in [-0.3, -0.25) is 9.59 Å². The number of nitrogens with two attached hydrogens (primary N) is 1. The fraction of sp³-hybridized carbons (Fsp3) is 0.263. The molecule has 1 aliphatic rings. The van der Waals surface area contributed by atoms with Crippen LogP contribution < -0.4 is 11.1 Å². The lowest BCUT2D eigenvalue weighted by atomic mass is 10.1. The van der Waals surface area contributed by atoms with Crippen molar-refractivity contribution in [3.8, 4) is 0 Å². The number of primary amides is 1. The van der Waals surface area contributed by atoms with Crippen molar-refractivity contribution in [1.82, 2.24) is 4.31 Å². The van der Waals surface area contributed by atoms with E-state index in [1.54, 1.807) is 37.3 Å². The lowest BCUT2D eigenvalue weighted by molar-refractivity contribution is 0.0995. The van der Waals surface area contributed by atoms with E-state index in [2.05, 4.69) is 5.32 Å². The van der Waals surface area contributed by atoms with E-state index in [0.717, 1.165) is 12.8 Å². The van der Waals surface area contributed by atoms with E-state index in [1.807, 2.05) is 0 Å². The van der Waals surface area contributed by atoms with Crippen LogP contribution in [0.4, 0.5) is 5.69 Å². The molecule has 3 N–H and O–H groups in total. The zero-order chi connectivity index (χ0) is 19.6. The number of carbonyl (C=O) groups excluding carboxylic acids is 2. The molecule has 3 rings (SSSR count). The Labute approximate surface area is 158 Å². The van der Waals surface area contributed by atoms with E-state index in [-0.39, 0.29) is 10.5 Å². The Hall–Kier alpha value is -2.71. The summed E-state index contributed by atoms with van der Waals surface area (Å²) in [5.74, 6) is -1.04. The number of anilines is 1. The molecule has 1 heterocycles. The molecular formula is C19H21N3O4S. The average molecular weight is 387 g/mol. The van der Waals surface area contributed by atoms with Crippen LogP contribution in [0.2, 0.25) is 0 Å². The molecule has 2 amide bonds. The SMILES string of the molecule is Cc1c(NC(=O)c2cccc(S(=O)(=O)N3CCCC3)c2)cccc1C(N)=O. The van der Waals surface area contributed by atoms with Crippen molar-refractivity contribution < 1.29 is 18.0 Å². The number of benzene rings is 2. The zero-order valence-corrected chi connectivity index (χ0v) is 15.8. The quantitative estimate of drug-likeness (QED) is 0.819. The highest BCUT2D eigenvalue weighted by atomic mass is 32.2. The van der Waals surface area contributed by atoms with Crippen LogP contribution in [0.25, 0.3) is 0 Å². The molecule has 2 aromatic rings. The number of carbonyl (C=O) groups is 2. The summed E-state index contributed by atoms with van der Waals surface area (Å²) in [5, 5.41) is 2.71. The normalized spacial score (nSPS) is 14.9. The van der Waals surface area contributed by atoms with Crippen molar-refractivity contribution in [1.29, 1.82) is 0 Å². The van der Waals surface area contributed by atoms with Gasteiger partial charge in [-0.1, -0.05) is 12.1 Å². The summed E-state index contributed by atoms with van der Waals surface area (Å²) in [7, 11) is -3.60. The third-order valence-corrected chi connectivity index (χ3v) is 6.54. The van der Waals surface area contributed by atoms with Gasteiger partial charge in [0, 0.05) is 29.9 Å². The largest absolute Gasteiger partial charge is 0.366 e. The lowest BCUT2D eigenvalue weighted by Crippen LogP contribution is -2.28. The van der Waals surface area contributed by atoms with E-state index < -0.39 is 21.8 Å². The third kappa shape index (κ3) is 3.86. The van der Waals surface area contributed by atoms with Crippen molar-refractivity contribution in [3.63, 3.8) is 0 Å². The minimum Gasteiger partial charge on any atom is -0.366 e. The van der Waals surface area contributed by atoms with E-state index >= 15 is 0 Å². The second-order valence-electron chi connectivity index (χ2n) is 6.44. The van der Waals surface area contributed by atoms with Crippen LogP contribution >= 0.6 is 0 Å². The van der Waals surface area contributed by atoms with Gasteiger partial charge in [0.1, 0.15) is 0 Å². The van der Waals surface area contributed by atoms with Gasteiger partial charge in [-0.05, 0) is 55.7 Å². The standard InChI is InChI=1S/C19H21N3O4S/c1-13-16(18(20)23)8-5-9-17(13)21-19(24)14-6-4-7-15(12-14)27(25,26)22-10-2-3-11-22/h4-9,12H,2-3,10-11H2,1H3,(H2,20,23)(H,21,24). The van der Waals surface area contributed by atoms with Gasteiger partial charge in [-0.25, -0.2) is 8.42 Å². The molecule has 7 nitrogen and oxygen atoms in total. The molecule has 2 aromatic carbocycles. The highest BCUT2D eigenvalue weighted by Crippen LogP contribution is 2.23. The molecule has 0 aliphatic carbocycles. The van der Waals surface area contributed by atoms with Crippen LogP contribution in [-0.2, 0) is 10.0 Å². The molecule has 0 radical (unpaired) electrons. The smallest absolute Gasteiger partial charge is 0.255 e. The van der Waals surface area contributed by atoms with E-state index in [1.165, 1.54) is 16.4 Å². The molecule has 1 fully saturated rings. The van der Waals surface area contributed by atoms with Gasteiger partial charge in [-0.15, -0.1) is 0 Å². The summed E-state index contributed by atoms with van der Waals surface area (Å²) in [6.45, 7) is 2.68. The van der Waals surface area contributed by atoms with Gasteiger partial charge in [0.15, 0.2) is 0 Å². The average Bonchev–Trinajstić information content (AvgIpc) is 3.19. The fourth-order valence-electron chi connectivity index (χ4n) is 3.11. The topological polar surface area (TPSA) is 110 Å². The molecule has 142 valence electrons. The predicted molar refractivity (Wildman–Crippen MR) is 102 cm³/mol. The molecule has 0 unspecified atom stereocenters. The fourth-order valence-corrected chi connectivity index (χ4v) is 4.67. The maximum absolute atomic E-state index is 12.7. The van der Waals surface area contributed by atoms with Crippen LogP contribution in [-0.4, -0.2) is 37.6 Å². The summed E-state index contributed by atoms with van der Waals surface area (Å²) in [4.78, 5) is 24.2. The first-order chi connectivity index (χ1) is 12.8. The molecule has 0 atom stereocenters. The molecule has 0 saturated carbocycles. The van der Waals surface area contributed by atoms with E-state index in [4.69, 9.17) is 5.73 Å². The van der Waals surface area contributed by atoms with Gasteiger partial charge in [0.2, 0.25) is 15.9 Å². The zero-order valence-electron chi connectivity index (χ0n) is 14.9. The van der Waals surface area contributed by atoms with Gasteiger partial charge < -0.3 is 11.1 Å². The molecule has 0 bridgehead atoms. The molecule has 0 spiro atoms. The number of hydrogen-bond donors (Lipinski definition) is 2. The molecule has 27 heavy (non-hydrogen) atoms. The summed E-state index contributed by atoms with van der Waals surface area (Å²) in [5.41, 5.74) is 6.87. The maximum atomic E-state index is 12.7. The number of rotatable bonds is 5. The Bertz CT molecular complexity index is 996. The summed E-state index contributed by atoms with van der Waals surface area (Å²) in [6.07, 6.45) is 1.68. The lowest BCUT2D eigenvalue weighted by Gasteiger charge is -2.16. The molecule has 1 aliphatic heterocycles. The van der Waals surface area contributed by atoms with E-state index in [0.29, 0.717) is 29.9 Å². The number of nitrogens with zero attached hydrogens (tertiary/aromatic N) is 1. The Morgan fingerprint density at radius 3 is 2.41 bits per heavy atom. The molecule has 1 saturated heterocycles. The third-order valence-electron chi connectivity index (χ3n) is 4.65. The first-order valence-corrected chi connectivity index (χ1v) is 10.1. The minimum absolute atomic E-state index is 0.0969.